The van der Waals surface area contributed by atoms with E-state index < -0.39 is 11.3 Å². The first-order valence-electron chi connectivity index (χ1n) is 5.29. The van der Waals surface area contributed by atoms with Gasteiger partial charge in [0.05, 0.1) is 30.2 Å². The summed E-state index contributed by atoms with van der Waals surface area (Å²) in [6, 6.07) is 7.95. The van der Waals surface area contributed by atoms with Gasteiger partial charge in [-0.05, 0) is 19.3 Å². The van der Waals surface area contributed by atoms with E-state index in [1.807, 2.05) is 31.2 Å². The first-order valence-corrected chi connectivity index (χ1v) is 5.29. The van der Waals surface area contributed by atoms with Crippen LogP contribution in [0.2, 0.25) is 0 Å². The Hall–Kier alpha value is -2.04. The van der Waals surface area contributed by atoms with Crippen molar-refractivity contribution in [2.24, 2.45) is 11.3 Å². The number of rotatable bonds is 6. The summed E-state index contributed by atoms with van der Waals surface area (Å²) < 4.78 is 0. The third kappa shape index (κ3) is 3.27. The molecule has 0 aliphatic rings. The fraction of sp³-hybridized carbons (Fsp3) is 0.667. The average molecular weight is 214 g/mol. The third-order valence-electron chi connectivity index (χ3n) is 2.59. The van der Waals surface area contributed by atoms with E-state index in [0.29, 0.717) is 25.7 Å². The predicted molar refractivity (Wildman–Crippen MR) is 57.1 cm³/mol. The molecule has 82 valence electrons. The molecule has 0 radical (unpaired) electrons. The molecular weight excluding hydrogens is 200 g/mol. The molecule has 0 aromatic rings. The number of hydrogen-bond acceptors (Lipinski definition) is 4. The van der Waals surface area contributed by atoms with Crippen LogP contribution in [-0.2, 0) is 0 Å². The Morgan fingerprint density at radius 3 is 2.12 bits per heavy atom. The Labute approximate surface area is 96.3 Å². The van der Waals surface area contributed by atoms with Gasteiger partial charge in [0.25, 0.3) is 0 Å². The summed E-state index contributed by atoms with van der Waals surface area (Å²) in [5.74, 6) is -0.564. The molecule has 4 nitrogen and oxygen atoms in total. The number of nitrogens with zero attached hydrogens (tertiary/aromatic N) is 4. The van der Waals surface area contributed by atoms with Crippen molar-refractivity contribution in [2.75, 3.05) is 0 Å². The Morgan fingerprint density at radius 2 is 1.75 bits per heavy atom. The molecule has 0 amide bonds. The summed E-state index contributed by atoms with van der Waals surface area (Å²) in [6.45, 7) is 1.92. The van der Waals surface area contributed by atoms with Crippen LogP contribution in [0.4, 0.5) is 0 Å². The molecular formula is C12H14N4. The average Bonchev–Trinajstić information content (AvgIpc) is 2.33. The summed E-state index contributed by atoms with van der Waals surface area (Å²) in [5, 5.41) is 35.6. The second-order valence-electron chi connectivity index (χ2n) is 3.68. The first-order chi connectivity index (χ1) is 7.70. The van der Waals surface area contributed by atoms with E-state index in [9.17, 15) is 0 Å². The van der Waals surface area contributed by atoms with E-state index in [-0.39, 0.29) is 0 Å². The second kappa shape index (κ2) is 7.28. The SMILES string of the molecule is CCCC(C#N)C(C#N)(C#N)CCCC#N. The van der Waals surface area contributed by atoms with E-state index in [1.165, 1.54) is 0 Å². The zero-order valence-electron chi connectivity index (χ0n) is 9.40. The lowest BCUT2D eigenvalue weighted by Gasteiger charge is -2.22. The molecule has 1 unspecified atom stereocenters. The predicted octanol–water partition coefficient (Wildman–Crippen LogP) is 2.65. The Kier molecular flexibility index (Phi) is 6.35. The van der Waals surface area contributed by atoms with Crippen molar-refractivity contribution in [3.8, 4) is 24.3 Å². The Balaban J connectivity index is 4.83. The smallest absolute Gasteiger partial charge is 0.159 e. The quantitative estimate of drug-likeness (QED) is 0.635. The number of nitriles is 4. The van der Waals surface area contributed by atoms with Gasteiger partial charge in [0, 0.05) is 6.42 Å². The van der Waals surface area contributed by atoms with Gasteiger partial charge < -0.3 is 0 Å². The summed E-state index contributed by atoms with van der Waals surface area (Å²) in [5.41, 5.74) is -1.25. The van der Waals surface area contributed by atoms with E-state index in [2.05, 4.69) is 0 Å². The third-order valence-corrected chi connectivity index (χ3v) is 2.59. The van der Waals surface area contributed by atoms with Crippen LogP contribution >= 0.6 is 0 Å². The van der Waals surface area contributed by atoms with Crippen LogP contribution in [-0.4, -0.2) is 0 Å². The minimum atomic E-state index is -1.25. The van der Waals surface area contributed by atoms with E-state index in [1.54, 1.807) is 0 Å². The van der Waals surface area contributed by atoms with Crippen molar-refractivity contribution in [1.29, 1.82) is 21.0 Å². The van der Waals surface area contributed by atoms with Gasteiger partial charge in [0.2, 0.25) is 0 Å². The van der Waals surface area contributed by atoms with E-state index in [0.717, 1.165) is 6.42 Å². The second-order valence-corrected chi connectivity index (χ2v) is 3.68. The molecule has 0 fully saturated rings. The highest BCUT2D eigenvalue weighted by molar-refractivity contribution is 5.20. The molecule has 0 N–H and O–H groups in total. The summed E-state index contributed by atoms with van der Waals surface area (Å²) >= 11 is 0. The van der Waals surface area contributed by atoms with Gasteiger partial charge in [-0.15, -0.1) is 0 Å². The fourth-order valence-corrected chi connectivity index (χ4v) is 1.62. The van der Waals surface area contributed by atoms with Crippen LogP contribution in [0.3, 0.4) is 0 Å². The van der Waals surface area contributed by atoms with Crippen molar-refractivity contribution in [2.45, 2.75) is 39.0 Å². The minimum Gasteiger partial charge on any atom is -0.198 e. The molecule has 0 bridgehead atoms. The maximum Gasteiger partial charge on any atom is 0.159 e. The van der Waals surface area contributed by atoms with Crippen LogP contribution in [0.15, 0.2) is 0 Å². The van der Waals surface area contributed by atoms with E-state index in [4.69, 9.17) is 21.0 Å². The van der Waals surface area contributed by atoms with Crippen molar-refractivity contribution in [3.63, 3.8) is 0 Å². The van der Waals surface area contributed by atoms with Crippen molar-refractivity contribution < 1.29 is 0 Å². The van der Waals surface area contributed by atoms with Crippen LogP contribution < -0.4 is 0 Å². The fourth-order valence-electron chi connectivity index (χ4n) is 1.62. The molecule has 1 atom stereocenters. The molecule has 0 saturated heterocycles. The lowest BCUT2D eigenvalue weighted by atomic mass is 9.73. The highest BCUT2D eigenvalue weighted by Crippen LogP contribution is 2.34. The highest BCUT2D eigenvalue weighted by Gasteiger charge is 2.38. The Bertz CT molecular complexity index is 358. The van der Waals surface area contributed by atoms with Crippen molar-refractivity contribution in [3.05, 3.63) is 0 Å². The lowest BCUT2D eigenvalue weighted by Crippen LogP contribution is -2.26. The van der Waals surface area contributed by atoms with Crippen LogP contribution in [0.25, 0.3) is 0 Å². The van der Waals surface area contributed by atoms with Crippen molar-refractivity contribution in [1.82, 2.24) is 0 Å². The molecule has 0 aromatic heterocycles. The van der Waals surface area contributed by atoms with E-state index >= 15 is 0 Å². The van der Waals surface area contributed by atoms with Crippen LogP contribution in [0, 0.1) is 56.7 Å². The molecule has 0 spiro atoms. The van der Waals surface area contributed by atoms with Gasteiger partial charge >= 0.3 is 0 Å². The molecule has 0 rings (SSSR count). The highest BCUT2D eigenvalue weighted by atomic mass is 14.5. The van der Waals surface area contributed by atoms with Crippen molar-refractivity contribution >= 4 is 0 Å². The summed E-state index contributed by atoms with van der Waals surface area (Å²) in [4.78, 5) is 0. The summed E-state index contributed by atoms with van der Waals surface area (Å²) in [6.07, 6.45) is 2.41. The van der Waals surface area contributed by atoms with Gasteiger partial charge in [-0.1, -0.05) is 13.3 Å². The molecule has 4 heteroatoms. The largest absolute Gasteiger partial charge is 0.198 e. The van der Waals surface area contributed by atoms with Gasteiger partial charge in [-0.3, -0.25) is 0 Å². The maximum atomic E-state index is 9.10. The first kappa shape index (κ1) is 14.0. The lowest BCUT2D eigenvalue weighted by molar-refractivity contribution is 0.334. The van der Waals surface area contributed by atoms with Gasteiger partial charge in [0.1, 0.15) is 0 Å². The summed E-state index contributed by atoms with van der Waals surface area (Å²) in [7, 11) is 0. The van der Waals surface area contributed by atoms with Gasteiger partial charge in [-0.2, -0.15) is 21.0 Å². The molecule has 16 heavy (non-hydrogen) atoms. The van der Waals surface area contributed by atoms with Crippen LogP contribution in [0.1, 0.15) is 39.0 Å². The monoisotopic (exact) mass is 214 g/mol. The molecule has 0 aromatic carbocycles. The maximum absolute atomic E-state index is 9.10. The normalized spacial score (nSPS) is 11.6. The van der Waals surface area contributed by atoms with Gasteiger partial charge in [0.15, 0.2) is 5.41 Å². The molecule has 0 heterocycles. The van der Waals surface area contributed by atoms with Crippen LogP contribution in [0.5, 0.6) is 0 Å². The minimum absolute atomic E-state index is 0.297. The standard InChI is InChI=1S/C12H14N4/c1-2-5-11(8-14)12(9-15,10-16)6-3-4-7-13/h11H,2-6H2,1H3. The number of unbranched alkanes of at least 4 members (excludes halogenated alkanes) is 1. The van der Waals surface area contributed by atoms with Gasteiger partial charge in [-0.25, -0.2) is 0 Å². The Morgan fingerprint density at radius 1 is 1.12 bits per heavy atom. The molecule has 0 aliphatic heterocycles. The topological polar surface area (TPSA) is 95.2 Å². The zero-order chi connectivity index (χ0) is 12.4. The molecule has 0 aliphatic carbocycles. The molecule has 0 saturated carbocycles. The number of hydrogen-bond donors (Lipinski definition) is 0. The zero-order valence-corrected chi connectivity index (χ0v) is 9.40.